The predicted octanol–water partition coefficient (Wildman–Crippen LogP) is 2.99. The van der Waals surface area contributed by atoms with Gasteiger partial charge in [-0.3, -0.25) is 0 Å². The molecule has 2 rings (SSSR count). The standard InChI is InChI=1S/C13H19ClN4O/c1-3-4-5-11-17-10(13(14)18-11)7-15-8-12-16-6-9(2)19-12/h6,15H,3-5,7-8H2,1-2H3,(H,17,18). The van der Waals surface area contributed by atoms with Crippen LogP contribution >= 0.6 is 11.6 Å². The smallest absolute Gasteiger partial charge is 0.208 e. The summed E-state index contributed by atoms with van der Waals surface area (Å²) in [7, 11) is 0. The number of halogens is 1. The molecule has 0 fully saturated rings. The molecule has 2 aromatic rings. The quantitative estimate of drug-likeness (QED) is 0.819. The van der Waals surface area contributed by atoms with Gasteiger partial charge < -0.3 is 14.7 Å². The second-order valence-electron chi connectivity index (χ2n) is 4.52. The average molecular weight is 283 g/mol. The Bertz CT molecular complexity index is 520. The van der Waals surface area contributed by atoms with Crippen LogP contribution in [0.25, 0.3) is 0 Å². The number of nitrogens with one attached hydrogen (secondary N) is 2. The highest BCUT2D eigenvalue weighted by atomic mass is 35.5. The lowest BCUT2D eigenvalue weighted by molar-refractivity contribution is 0.448. The summed E-state index contributed by atoms with van der Waals surface area (Å²) in [5.41, 5.74) is 0.913. The monoisotopic (exact) mass is 282 g/mol. The van der Waals surface area contributed by atoms with E-state index in [4.69, 9.17) is 16.0 Å². The van der Waals surface area contributed by atoms with E-state index in [0.717, 1.165) is 36.5 Å². The van der Waals surface area contributed by atoms with Crippen molar-refractivity contribution in [2.24, 2.45) is 0 Å². The van der Waals surface area contributed by atoms with Crippen LogP contribution in [-0.4, -0.2) is 15.0 Å². The molecule has 0 saturated heterocycles. The van der Waals surface area contributed by atoms with Crippen LogP contribution in [0.2, 0.25) is 5.15 Å². The van der Waals surface area contributed by atoms with E-state index in [9.17, 15) is 0 Å². The summed E-state index contributed by atoms with van der Waals surface area (Å²) in [4.78, 5) is 11.7. The van der Waals surface area contributed by atoms with Gasteiger partial charge in [0.2, 0.25) is 5.89 Å². The zero-order valence-corrected chi connectivity index (χ0v) is 12.0. The van der Waals surface area contributed by atoms with Crippen LogP contribution in [0.5, 0.6) is 0 Å². The molecule has 2 heterocycles. The van der Waals surface area contributed by atoms with Crippen LogP contribution in [0.3, 0.4) is 0 Å². The number of rotatable bonds is 7. The fraction of sp³-hybridized carbons (Fsp3) is 0.538. The number of oxazole rings is 1. The molecular weight excluding hydrogens is 264 g/mol. The van der Waals surface area contributed by atoms with Crippen molar-refractivity contribution in [2.45, 2.75) is 46.2 Å². The number of unbranched alkanes of at least 4 members (excludes halogenated alkanes) is 1. The molecule has 0 amide bonds. The van der Waals surface area contributed by atoms with Crippen molar-refractivity contribution in [2.75, 3.05) is 0 Å². The maximum atomic E-state index is 6.09. The Hall–Kier alpha value is -1.33. The first-order valence-corrected chi connectivity index (χ1v) is 6.92. The number of aryl methyl sites for hydroxylation is 2. The lowest BCUT2D eigenvalue weighted by atomic mass is 10.2. The van der Waals surface area contributed by atoms with Gasteiger partial charge in [0, 0.05) is 13.0 Å². The number of nitrogens with zero attached hydrogens (tertiary/aromatic N) is 2. The third-order valence-electron chi connectivity index (χ3n) is 2.79. The van der Waals surface area contributed by atoms with Crippen LogP contribution < -0.4 is 5.32 Å². The Morgan fingerprint density at radius 1 is 1.42 bits per heavy atom. The number of H-pyrrole nitrogens is 1. The van der Waals surface area contributed by atoms with Gasteiger partial charge in [-0.2, -0.15) is 0 Å². The summed E-state index contributed by atoms with van der Waals surface area (Å²) in [6.07, 6.45) is 4.92. The Labute approximate surface area is 117 Å². The Morgan fingerprint density at radius 2 is 2.26 bits per heavy atom. The molecule has 2 N–H and O–H groups in total. The number of imidazole rings is 1. The lowest BCUT2D eigenvalue weighted by Gasteiger charge is -2.00. The van der Waals surface area contributed by atoms with E-state index < -0.39 is 0 Å². The summed E-state index contributed by atoms with van der Waals surface area (Å²) >= 11 is 6.09. The molecule has 5 nitrogen and oxygen atoms in total. The van der Waals surface area contributed by atoms with E-state index >= 15 is 0 Å². The number of aromatic nitrogens is 3. The molecule has 0 aromatic carbocycles. The van der Waals surface area contributed by atoms with Crippen LogP contribution in [0.1, 0.15) is 42.9 Å². The molecule has 0 aliphatic rings. The molecule has 19 heavy (non-hydrogen) atoms. The molecule has 0 radical (unpaired) electrons. The topological polar surface area (TPSA) is 66.7 Å². The van der Waals surface area contributed by atoms with Gasteiger partial charge in [-0.1, -0.05) is 24.9 Å². The number of hydrogen-bond donors (Lipinski definition) is 2. The highest BCUT2D eigenvalue weighted by molar-refractivity contribution is 6.30. The molecule has 0 aliphatic carbocycles. The maximum Gasteiger partial charge on any atom is 0.208 e. The van der Waals surface area contributed by atoms with E-state index in [1.165, 1.54) is 0 Å². The minimum Gasteiger partial charge on any atom is -0.445 e. The van der Waals surface area contributed by atoms with Crippen molar-refractivity contribution < 1.29 is 4.42 Å². The zero-order chi connectivity index (χ0) is 13.7. The van der Waals surface area contributed by atoms with Crippen molar-refractivity contribution in [3.8, 4) is 0 Å². The summed E-state index contributed by atoms with van der Waals surface area (Å²) < 4.78 is 5.38. The lowest BCUT2D eigenvalue weighted by Crippen LogP contribution is -2.13. The largest absolute Gasteiger partial charge is 0.445 e. The molecule has 0 saturated carbocycles. The van der Waals surface area contributed by atoms with E-state index in [-0.39, 0.29) is 0 Å². The molecular formula is C13H19ClN4O. The fourth-order valence-electron chi connectivity index (χ4n) is 1.80. The Morgan fingerprint density at radius 3 is 2.95 bits per heavy atom. The number of aromatic amines is 1. The van der Waals surface area contributed by atoms with E-state index in [2.05, 4.69) is 27.2 Å². The van der Waals surface area contributed by atoms with Crippen molar-refractivity contribution in [3.05, 3.63) is 34.5 Å². The van der Waals surface area contributed by atoms with Gasteiger partial charge in [-0.05, 0) is 13.3 Å². The van der Waals surface area contributed by atoms with Gasteiger partial charge in [0.05, 0.1) is 18.4 Å². The van der Waals surface area contributed by atoms with Crippen molar-refractivity contribution in [1.29, 1.82) is 0 Å². The van der Waals surface area contributed by atoms with Crippen molar-refractivity contribution in [3.63, 3.8) is 0 Å². The highest BCUT2D eigenvalue weighted by Crippen LogP contribution is 2.14. The van der Waals surface area contributed by atoms with Gasteiger partial charge in [-0.25, -0.2) is 9.97 Å². The number of hydrogen-bond acceptors (Lipinski definition) is 4. The first-order chi connectivity index (χ1) is 9.19. The van der Waals surface area contributed by atoms with Gasteiger partial charge in [0.1, 0.15) is 11.6 Å². The maximum absolute atomic E-state index is 6.09. The second kappa shape index (κ2) is 6.73. The third-order valence-corrected chi connectivity index (χ3v) is 3.10. The molecule has 0 aliphatic heterocycles. The second-order valence-corrected chi connectivity index (χ2v) is 4.88. The first-order valence-electron chi connectivity index (χ1n) is 6.54. The minimum atomic E-state index is 0.544. The highest BCUT2D eigenvalue weighted by Gasteiger charge is 2.08. The molecule has 104 valence electrons. The van der Waals surface area contributed by atoms with Crippen molar-refractivity contribution in [1.82, 2.24) is 20.3 Å². The Balaban J connectivity index is 1.83. The fourth-order valence-corrected chi connectivity index (χ4v) is 2.01. The molecule has 6 heteroatoms. The van der Waals surface area contributed by atoms with Crippen LogP contribution in [0.4, 0.5) is 0 Å². The van der Waals surface area contributed by atoms with Gasteiger partial charge in [-0.15, -0.1) is 0 Å². The molecule has 0 bridgehead atoms. The van der Waals surface area contributed by atoms with Crippen molar-refractivity contribution >= 4 is 11.6 Å². The summed E-state index contributed by atoms with van der Waals surface area (Å²) in [5, 5.41) is 3.77. The van der Waals surface area contributed by atoms with E-state index in [0.29, 0.717) is 24.1 Å². The van der Waals surface area contributed by atoms with Crippen LogP contribution in [0.15, 0.2) is 10.6 Å². The van der Waals surface area contributed by atoms with Crippen LogP contribution in [-0.2, 0) is 19.5 Å². The molecule has 0 spiro atoms. The zero-order valence-electron chi connectivity index (χ0n) is 11.3. The van der Waals surface area contributed by atoms with Gasteiger partial charge >= 0.3 is 0 Å². The normalized spacial score (nSPS) is 11.1. The Kier molecular flexibility index (Phi) is 4.99. The molecule has 2 aromatic heterocycles. The summed E-state index contributed by atoms with van der Waals surface area (Å²) in [6.45, 7) is 5.24. The van der Waals surface area contributed by atoms with E-state index in [1.54, 1.807) is 6.20 Å². The summed E-state index contributed by atoms with van der Waals surface area (Å²) in [5.74, 6) is 2.45. The van der Waals surface area contributed by atoms with Crippen LogP contribution in [0, 0.1) is 6.92 Å². The predicted molar refractivity (Wildman–Crippen MR) is 74.0 cm³/mol. The third kappa shape index (κ3) is 4.08. The SMILES string of the molecule is CCCCc1nc(Cl)c(CNCc2ncc(C)o2)[nH]1. The minimum absolute atomic E-state index is 0.544. The van der Waals surface area contributed by atoms with E-state index in [1.807, 2.05) is 6.92 Å². The average Bonchev–Trinajstić information content (AvgIpc) is 2.94. The summed E-state index contributed by atoms with van der Waals surface area (Å²) in [6, 6.07) is 0. The molecule has 0 unspecified atom stereocenters. The van der Waals surface area contributed by atoms with Gasteiger partial charge in [0.15, 0.2) is 5.15 Å². The molecule has 0 atom stereocenters. The first kappa shape index (κ1) is 14.1. The van der Waals surface area contributed by atoms with Gasteiger partial charge in [0.25, 0.3) is 0 Å².